The molecule has 0 aliphatic carbocycles. The minimum Gasteiger partial charge on any atom is -0.516 e. The van der Waals surface area contributed by atoms with Gasteiger partial charge in [-0.2, -0.15) is 0 Å². The average Bonchev–Trinajstić information content (AvgIpc) is 2.03. The van der Waals surface area contributed by atoms with Gasteiger partial charge in [-0.15, -0.1) is 0 Å². The summed E-state index contributed by atoms with van der Waals surface area (Å²) in [6.45, 7) is 0. The van der Waals surface area contributed by atoms with Crippen molar-refractivity contribution in [2.24, 2.45) is 0 Å². The number of aliphatic hydroxyl groups is 1. The van der Waals surface area contributed by atoms with Crippen molar-refractivity contribution >= 4 is 0 Å². The standard InChI is InChI=1S/C8H8NO/c10-7-3-5-8-4-1-2-6-9-8/h1-4,7,10H,5H2/b7-3+. The molecule has 0 spiro atoms. The number of hydrogen-bond acceptors (Lipinski definition) is 2. The number of rotatable bonds is 2. The molecule has 0 aromatic carbocycles. The Morgan fingerprint density at radius 2 is 2.60 bits per heavy atom. The SMILES string of the molecule is O/C=C/Cc1ccc[c]n1. The van der Waals surface area contributed by atoms with Gasteiger partial charge in [-0.1, -0.05) is 6.07 Å². The molecule has 1 N–H and O–H groups in total. The summed E-state index contributed by atoms with van der Waals surface area (Å²) in [5.74, 6) is 0. The molecule has 0 fully saturated rings. The Bertz CT molecular complexity index is 206. The second-order valence-electron chi connectivity index (χ2n) is 1.85. The predicted molar refractivity (Wildman–Crippen MR) is 38.5 cm³/mol. The highest BCUT2D eigenvalue weighted by Gasteiger charge is 1.85. The zero-order valence-corrected chi connectivity index (χ0v) is 5.49. The van der Waals surface area contributed by atoms with E-state index in [0.29, 0.717) is 6.42 Å². The summed E-state index contributed by atoms with van der Waals surface area (Å²) in [7, 11) is 0. The van der Waals surface area contributed by atoms with Crippen LogP contribution in [0.5, 0.6) is 0 Å². The third kappa shape index (κ3) is 1.90. The molecule has 1 aromatic heterocycles. The van der Waals surface area contributed by atoms with E-state index in [2.05, 4.69) is 11.2 Å². The van der Waals surface area contributed by atoms with Crippen molar-refractivity contribution in [3.8, 4) is 0 Å². The molecule has 0 atom stereocenters. The van der Waals surface area contributed by atoms with Crippen LogP contribution in [0.4, 0.5) is 0 Å². The van der Waals surface area contributed by atoms with Crippen molar-refractivity contribution in [2.45, 2.75) is 6.42 Å². The summed E-state index contributed by atoms with van der Waals surface area (Å²) in [5, 5.41) is 8.31. The number of pyridine rings is 1. The molecule has 2 nitrogen and oxygen atoms in total. The average molecular weight is 134 g/mol. The van der Waals surface area contributed by atoms with Crippen molar-refractivity contribution in [1.29, 1.82) is 0 Å². The molecule has 2 heteroatoms. The fourth-order valence-electron chi connectivity index (χ4n) is 0.647. The highest BCUT2D eigenvalue weighted by Crippen LogP contribution is 1.93. The van der Waals surface area contributed by atoms with Gasteiger partial charge in [0.2, 0.25) is 0 Å². The van der Waals surface area contributed by atoms with Crippen LogP contribution in [0.3, 0.4) is 0 Å². The van der Waals surface area contributed by atoms with E-state index in [1.807, 2.05) is 12.1 Å². The Kier molecular flexibility index (Phi) is 2.49. The van der Waals surface area contributed by atoms with Crippen LogP contribution < -0.4 is 0 Å². The Balaban J connectivity index is 2.59. The van der Waals surface area contributed by atoms with E-state index in [9.17, 15) is 0 Å². The smallest absolute Gasteiger partial charge is 0.0889 e. The molecule has 1 aromatic rings. The Hall–Kier alpha value is -1.31. The fraction of sp³-hybridized carbons (Fsp3) is 0.125. The molecule has 1 heterocycles. The molecule has 0 aliphatic rings. The minimum atomic E-state index is 0.661. The molecular weight excluding hydrogens is 126 g/mol. The Morgan fingerprint density at radius 3 is 3.20 bits per heavy atom. The van der Waals surface area contributed by atoms with E-state index in [1.165, 1.54) is 0 Å². The maximum Gasteiger partial charge on any atom is 0.0889 e. The van der Waals surface area contributed by atoms with Crippen LogP contribution >= 0.6 is 0 Å². The number of aliphatic hydroxyl groups excluding tert-OH is 1. The highest BCUT2D eigenvalue weighted by molar-refractivity contribution is 5.06. The first kappa shape index (κ1) is 6.81. The van der Waals surface area contributed by atoms with Crippen LogP contribution in [0.15, 0.2) is 30.5 Å². The van der Waals surface area contributed by atoms with E-state index in [0.717, 1.165) is 12.0 Å². The number of allylic oxidation sites excluding steroid dienone is 1. The molecule has 1 rings (SSSR count). The first-order valence-corrected chi connectivity index (χ1v) is 3.04. The summed E-state index contributed by atoms with van der Waals surface area (Å²) in [6.07, 6.45) is 6.02. The predicted octanol–water partition coefficient (Wildman–Crippen LogP) is 1.50. The van der Waals surface area contributed by atoms with Gasteiger partial charge >= 0.3 is 0 Å². The van der Waals surface area contributed by atoms with Crippen LogP contribution in [0.2, 0.25) is 0 Å². The van der Waals surface area contributed by atoms with Gasteiger partial charge in [0.15, 0.2) is 0 Å². The van der Waals surface area contributed by atoms with Crippen LogP contribution in [0, 0.1) is 6.20 Å². The van der Waals surface area contributed by atoms with Gasteiger partial charge in [0, 0.05) is 12.1 Å². The van der Waals surface area contributed by atoms with Gasteiger partial charge in [0.05, 0.1) is 12.5 Å². The monoisotopic (exact) mass is 134 g/mol. The molecular formula is C8H8NO. The van der Waals surface area contributed by atoms with Gasteiger partial charge < -0.3 is 5.11 Å². The van der Waals surface area contributed by atoms with Crippen molar-refractivity contribution in [2.75, 3.05) is 0 Å². The van der Waals surface area contributed by atoms with Crippen LogP contribution in [-0.4, -0.2) is 10.1 Å². The molecule has 0 aliphatic heterocycles. The molecule has 0 amide bonds. The zero-order valence-electron chi connectivity index (χ0n) is 5.49. The lowest BCUT2D eigenvalue weighted by atomic mass is 10.3. The summed E-state index contributed by atoms with van der Waals surface area (Å²) < 4.78 is 0. The Morgan fingerprint density at radius 1 is 1.70 bits per heavy atom. The van der Waals surface area contributed by atoms with Gasteiger partial charge in [-0.25, -0.2) is 0 Å². The first-order valence-electron chi connectivity index (χ1n) is 3.04. The molecule has 0 saturated carbocycles. The van der Waals surface area contributed by atoms with E-state index >= 15 is 0 Å². The van der Waals surface area contributed by atoms with Crippen molar-refractivity contribution < 1.29 is 5.11 Å². The molecule has 0 saturated heterocycles. The van der Waals surface area contributed by atoms with Gasteiger partial charge in [-0.05, 0) is 18.2 Å². The molecule has 10 heavy (non-hydrogen) atoms. The van der Waals surface area contributed by atoms with Crippen LogP contribution in [0.1, 0.15) is 5.69 Å². The van der Waals surface area contributed by atoms with E-state index in [-0.39, 0.29) is 0 Å². The molecule has 0 unspecified atom stereocenters. The summed E-state index contributed by atoms with van der Waals surface area (Å²) in [4.78, 5) is 3.93. The third-order valence-corrected chi connectivity index (χ3v) is 1.10. The summed E-state index contributed by atoms with van der Waals surface area (Å²) >= 11 is 0. The van der Waals surface area contributed by atoms with Gasteiger partial charge in [-0.3, -0.25) is 4.98 Å². The van der Waals surface area contributed by atoms with E-state index in [1.54, 1.807) is 12.1 Å². The number of nitrogens with zero attached hydrogens (tertiary/aromatic N) is 1. The topological polar surface area (TPSA) is 33.1 Å². The lowest BCUT2D eigenvalue weighted by molar-refractivity contribution is 0.471. The zero-order chi connectivity index (χ0) is 7.23. The first-order chi connectivity index (χ1) is 4.93. The van der Waals surface area contributed by atoms with Crippen molar-refractivity contribution in [1.82, 2.24) is 4.98 Å². The maximum atomic E-state index is 8.31. The molecule has 0 bridgehead atoms. The van der Waals surface area contributed by atoms with E-state index in [4.69, 9.17) is 5.11 Å². The van der Waals surface area contributed by atoms with Crippen LogP contribution in [-0.2, 0) is 6.42 Å². The van der Waals surface area contributed by atoms with Gasteiger partial charge in [0.1, 0.15) is 0 Å². The van der Waals surface area contributed by atoms with Crippen molar-refractivity contribution in [3.63, 3.8) is 0 Å². The number of aromatic nitrogens is 1. The lowest BCUT2D eigenvalue weighted by Gasteiger charge is -1.90. The minimum absolute atomic E-state index is 0.661. The normalized spacial score (nSPS) is 10.4. The maximum absolute atomic E-state index is 8.31. The summed E-state index contributed by atoms with van der Waals surface area (Å²) in [5.41, 5.74) is 0.910. The number of hydrogen-bond donors (Lipinski definition) is 1. The summed E-state index contributed by atoms with van der Waals surface area (Å²) in [6, 6.07) is 5.50. The second-order valence-corrected chi connectivity index (χ2v) is 1.85. The van der Waals surface area contributed by atoms with E-state index < -0.39 is 0 Å². The Labute approximate surface area is 59.9 Å². The third-order valence-electron chi connectivity index (χ3n) is 1.10. The highest BCUT2D eigenvalue weighted by atomic mass is 16.2. The lowest BCUT2D eigenvalue weighted by Crippen LogP contribution is -1.84. The largest absolute Gasteiger partial charge is 0.516 e. The van der Waals surface area contributed by atoms with Gasteiger partial charge in [0.25, 0.3) is 0 Å². The second kappa shape index (κ2) is 3.67. The molecule has 1 radical (unpaired) electrons. The fourth-order valence-corrected chi connectivity index (χ4v) is 0.647. The quantitative estimate of drug-likeness (QED) is 0.622. The van der Waals surface area contributed by atoms with Crippen LogP contribution in [0.25, 0.3) is 0 Å². The van der Waals surface area contributed by atoms with Crippen molar-refractivity contribution in [3.05, 3.63) is 42.4 Å². The molecule has 51 valence electrons.